The van der Waals surface area contributed by atoms with Crippen LogP contribution in [-0.4, -0.2) is 88.9 Å². The molecule has 1 saturated heterocycles. The number of piperidine rings is 1. The molecule has 4 aromatic rings. The van der Waals surface area contributed by atoms with Gasteiger partial charge in [0.05, 0.1) is 27.3 Å². The predicted molar refractivity (Wildman–Crippen MR) is 173 cm³/mol. The molecule has 0 saturated carbocycles. The van der Waals surface area contributed by atoms with Crippen LogP contribution in [0.15, 0.2) is 60.7 Å². The molecule has 1 aromatic heterocycles. The molecule has 0 aliphatic carbocycles. The van der Waals surface area contributed by atoms with Crippen LogP contribution in [0, 0.1) is 0 Å². The van der Waals surface area contributed by atoms with Gasteiger partial charge < -0.3 is 34.5 Å². The molecule has 0 spiro atoms. The minimum atomic E-state index is -0.554. The second kappa shape index (κ2) is 14.4. The summed E-state index contributed by atoms with van der Waals surface area (Å²) in [6.07, 6.45) is 0.723. The van der Waals surface area contributed by atoms with Crippen LogP contribution < -0.4 is 29.6 Å². The molecule has 14 nitrogen and oxygen atoms in total. The van der Waals surface area contributed by atoms with E-state index in [1.165, 1.54) is 11.9 Å². The topological polar surface area (TPSA) is 159 Å². The second-order valence-electron chi connectivity index (χ2n) is 11.6. The number of benzene rings is 3. The van der Waals surface area contributed by atoms with Gasteiger partial charge in [-0.1, -0.05) is 18.2 Å². The second-order valence-corrected chi connectivity index (χ2v) is 11.6. The standard InChI is InChI=1S/C34H37N7O7/c1-40-38-33(37-39-40)22-6-8-23(9-7-22)34(44)41-15-14-27-26(19-41)36-32(43)20-47-30-16-21(4-12-28(30)45-2)5-13-31(42)35-18-24-10-11-25(48-27)17-29(24)46-3/h4,6-12,16-17,26-27H,5,13-15,18-20H2,1-3H3,(H,35,42)(H,36,43)/t26-,27+/m1/s1. The van der Waals surface area contributed by atoms with Gasteiger partial charge >= 0.3 is 0 Å². The maximum atomic E-state index is 13.6. The van der Waals surface area contributed by atoms with E-state index in [0.29, 0.717) is 53.8 Å². The molecule has 0 radical (unpaired) electrons. The highest BCUT2D eigenvalue weighted by Crippen LogP contribution is 2.30. The van der Waals surface area contributed by atoms with Gasteiger partial charge in [0.15, 0.2) is 18.1 Å². The fraction of sp³-hybridized carbons (Fsp3) is 0.353. The highest BCUT2D eigenvalue weighted by atomic mass is 16.5. The van der Waals surface area contributed by atoms with Gasteiger partial charge in [0.25, 0.3) is 11.8 Å². The van der Waals surface area contributed by atoms with Crippen molar-refractivity contribution in [3.8, 4) is 34.4 Å². The number of fused-ring (bicyclic) bond motifs is 9. The number of hydrogen-bond donors (Lipinski definition) is 2. The average Bonchev–Trinajstić information content (AvgIpc) is 3.55. The quantitative estimate of drug-likeness (QED) is 0.334. The van der Waals surface area contributed by atoms with Crippen LogP contribution in [0.4, 0.5) is 0 Å². The van der Waals surface area contributed by atoms with Gasteiger partial charge in [-0.3, -0.25) is 14.4 Å². The molecule has 2 N–H and O–H groups in total. The number of nitrogens with one attached hydrogen (secondary N) is 2. The lowest BCUT2D eigenvalue weighted by molar-refractivity contribution is -0.125. The molecule has 7 rings (SSSR count). The molecule has 4 bridgehead atoms. The van der Waals surface area contributed by atoms with Crippen molar-refractivity contribution < 1.29 is 33.3 Å². The summed E-state index contributed by atoms with van der Waals surface area (Å²) in [5.74, 6) is 1.73. The van der Waals surface area contributed by atoms with Gasteiger partial charge in [-0.2, -0.15) is 4.80 Å². The lowest BCUT2D eigenvalue weighted by Gasteiger charge is -2.39. The Balaban J connectivity index is 1.24. The number of carbonyl (C=O) groups excluding carboxylic acids is 3. The zero-order valence-electron chi connectivity index (χ0n) is 27.0. The molecule has 2 atom stereocenters. The molecule has 14 heteroatoms. The van der Waals surface area contributed by atoms with Crippen molar-refractivity contribution in [1.29, 1.82) is 0 Å². The number of tetrazole rings is 1. The summed E-state index contributed by atoms with van der Waals surface area (Å²) in [6, 6.07) is 17.3. The number of amides is 3. The average molecular weight is 656 g/mol. The van der Waals surface area contributed by atoms with Crippen molar-refractivity contribution in [3.05, 3.63) is 77.4 Å². The summed E-state index contributed by atoms with van der Waals surface area (Å²) >= 11 is 0. The first-order valence-electron chi connectivity index (χ1n) is 15.6. The first-order chi connectivity index (χ1) is 23.3. The number of carbonyl (C=O) groups is 3. The Kier molecular flexibility index (Phi) is 9.69. The number of likely N-dealkylation sites (tertiary alicyclic amines) is 1. The number of aromatic nitrogens is 4. The van der Waals surface area contributed by atoms with Gasteiger partial charge in [-0.25, -0.2) is 0 Å². The van der Waals surface area contributed by atoms with E-state index in [1.54, 1.807) is 61.5 Å². The van der Waals surface area contributed by atoms with E-state index >= 15 is 0 Å². The van der Waals surface area contributed by atoms with E-state index in [1.807, 2.05) is 18.2 Å². The molecule has 3 aromatic carbocycles. The first-order valence-corrected chi connectivity index (χ1v) is 15.6. The fourth-order valence-electron chi connectivity index (χ4n) is 5.78. The van der Waals surface area contributed by atoms with Gasteiger partial charge in [0.1, 0.15) is 17.6 Å². The van der Waals surface area contributed by atoms with Crippen LogP contribution in [-0.2, 0) is 29.6 Å². The Labute approximate surface area is 277 Å². The highest BCUT2D eigenvalue weighted by Gasteiger charge is 2.35. The molecular formula is C34H37N7O7. The van der Waals surface area contributed by atoms with Crippen LogP contribution in [0.3, 0.4) is 0 Å². The minimum absolute atomic E-state index is 0.115. The van der Waals surface area contributed by atoms with Crippen LogP contribution in [0.25, 0.3) is 11.4 Å². The molecule has 1 fully saturated rings. The highest BCUT2D eigenvalue weighted by molar-refractivity contribution is 5.94. The summed E-state index contributed by atoms with van der Waals surface area (Å²) in [4.78, 5) is 42.7. The largest absolute Gasteiger partial charge is 0.496 e. The molecule has 0 unspecified atom stereocenters. The van der Waals surface area contributed by atoms with Crippen molar-refractivity contribution in [2.24, 2.45) is 7.05 Å². The molecule has 4 heterocycles. The minimum Gasteiger partial charge on any atom is -0.496 e. The third-order valence-corrected chi connectivity index (χ3v) is 8.33. The van der Waals surface area contributed by atoms with Gasteiger partial charge in [-0.05, 0) is 53.6 Å². The van der Waals surface area contributed by atoms with Crippen molar-refractivity contribution >= 4 is 17.7 Å². The molecule has 3 amide bonds. The summed E-state index contributed by atoms with van der Waals surface area (Å²) in [5, 5.41) is 18.1. The third-order valence-electron chi connectivity index (χ3n) is 8.33. The summed E-state index contributed by atoms with van der Waals surface area (Å²) in [6.45, 7) is 0.611. The summed E-state index contributed by atoms with van der Waals surface area (Å²) < 4.78 is 23.4. The monoisotopic (exact) mass is 655 g/mol. The predicted octanol–water partition coefficient (Wildman–Crippen LogP) is 2.31. The van der Waals surface area contributed by atoms with Gasteiger partial charge in [-0.15, -0.1) is 10.2 Å². The lowest BCUT2D eigenvalue weighted by atomic mass is 10.00. The Morgan fingerprint density at radius 3 is 2.52 bits per heavy atom. The van der Waals surface area contributed by atoms with E-state index < -0.39 is 12.1 Å². The van der Waals surface area contributed by atoms with Crippen LogP contribution in [0.2, 0.25) is 0 Å². The van der Waals surface area contributed by atoms with Crippen LogP contribution in [0.5, 0.6) is 23.0 Å². The van der Waals surface area contributed by atoms with E-state index in [-0.39, 0.29) is 43.8 Å². The zero-order chi connectivity index (χ0) is 33.6. The number of rotatable bonds is 4. The number of ether oxygens (including phenoxy) is 4. The van der Waals surface area contributed by atoms with E-state index in [0.717, 1.165) is 16.7 Å². The first kappa shape index (κ1) is 32.3. The van der Waals surface area contributed by atoms with E-state index in [9.17, 15) is 14.4 Å². The lowest BCUT2D eigenvalue weighted by Crippen LogP contribution is -2.58. The van der Waals surface area contributed by atoms with E-state index in [2.05, 4.69) is 26.0 Å². The zero-order valence-corrected chi connectivity index (χ0v) is 27.0. The van der Waals surface area contributed by atoms with Crippen molar-refractivity contribution in [2.45, 2.75) is 38.0 Å². The smallest absolute Gasteiger partial charge is 0.258 e. The molecular weight excluding hydrogens is 618 g/mol. The van der Waals surface area contributed by atoms with Gasteiger partial charge in [0.2, 0.25) is 11.7 Å². The van der Waals surface area contributed by atoms with E-state index in [4.69, 9.17) is 18.9 Å². The Hall–Kier alpha value is -5.66. The number of hydrogen-bond acceptors (Lipinski definition) is 10. The van der Waals surface area contributed by atoms with Crippen molar-refractivity contribution in [1.82, 2.24) is 35.7 Å². The number of methoxy groups -OCH3 is 2. The summed E-state index contributed by atoms with van der Waals surface area (Å²) in [7, 11) is 4.77. The van der Waals surface area contributed by atoms with Crippen molar-refractivity contribution in [2.75, 3.05) is 33.9 Å². The molecule has 250 valence electrons. The summed E-state index contributed by atoms with van der Waals surface area (Å²) in [5.41, 5.74) is 2.89. The number of nitrogens with zero attached hydrogens (tertiary/aromatic N) is 5. The maximum absolute atomic E-state index is 13.6. The van der Waals surface area contributed by atoms with Crippen LogP contribution >= 0.6 is 0 Å². The SMILES string of the molecule is COc1cc2ccc1CNC(=O)CCc1ccc(OC)c(c1)OCC(=O)N[C@@H]1CN(C(=O)c3ccc(-c4nnn(C)n4)cc3)CC[C@@H]1O2. The van der Waals surface area contributed by atoms with Gasteiger partial charge in [0, 0.05) is 55.2 Å². The maximum Gasteiger partial charge on any atom is 0.258 e. The molecule has 3 aliphatic rings. The Morgan fingerprint density at radius 2 is 1.77 bits per heavy atom. The third kappa shape index (κ3) is 7.48. The Bertz CT molecular complexity index is 1790. The normalized spacial score (nSPS) is 18.5. The fourth-order valence-corrected chi connectivity index (χ4v) is 5.78. The Morgan fingerprint density at radius 1 is 0.958 bits per heavy atom. The molecule has 3 aliphatic heterocycles. The van der Waals surface area contributed by atoms with Crippen LogP contribution in [0.1, 0.15) is 34.3 Å². The molecule has 48 heavy (non-hydrogen) atoms. The number of aryl methyl sites for hydroxylation is 2. The van der Waals surface area contributed by atoms with Crippen molar-refractivity contribution in [3.63, 3.8) is 0 Å².